The summed E-state index contributed by atoms with van der Waals surface area (Å²) in [5.41, 5.74) is 3.18. The molecule has 5 heteroatoms. The van der Waals surface area contributed by atoms with Crippen LogP contribution in [-0.4, -0.2) is 19.1 Å². The molecular weight excluding hydrogens is 330 g/mol. The topological polar surface area (TPSA) is 44.4 Å². The summed E-state index contributed by atoms with van der Waals surface area (Å²) in [5.74, 6) is 0. The number of anilines is 2. The fourth-order valence-electron chi connectivity index (χ4n) is 2.33. The standard InChI is InChI=1S/C16H16BrN3O/c17-13-3-1-2-12(10-13)11-19-14-4-6-15(7-5-14)20-9-8-18-16(20)21/h1-7,10,19H,8-9,11H2,(H,18,21). The van der Waals surface area contributed by atoms with Crippen molar-refractivity contribution in [3.63, 3.8) is 0 Å². The molecule has 1 saturated heterocycles. The molecule has 1 fully saturated rings. The maximum atomic E-state index is 11.6. The number of amides is 2. The van der Waals surface area contributed by atoms with Gasteiger partial charge < -0.3 is 10.6 Å². The van der Waals surface area contributed by atoms with Crippen LogP contribution >= 0.6 is 15.9 Å². The summed E-state index contributed by atoms with van der Waals surface area (Å²) in [6, 6.07) is 16.1. The summed E-state index contributed by atoms with van der Waals surface area (Å²) >= 11 is 3.47. The second-order valence-corrected chi connectivity index (χ2v) is 5.83. The third kappa shape index (κ3) is 3.36. The number of carbonyl (C=O) groups is 1. The van der Waals surface area contributed by atoms with Gasteiger partial charge >= 0.3 is 6.03 Å². The molecule has 0 saturated carbocycles. The van der Waals surface area contributed by atoms with E-state index in [9.17, 15) is 4.79 Å². The van der Waals surface area contributed by atoms with Gasteiger partial charge in [0.1, 0.15) is 0 Å². The maximum Gasteiger partial charge on any atom is 0.321 e. The first-order valence-corrected chi connectivity index (χ1v) is 7.65. The van der Waals surface area contributed by atoms with Crippen LogP contribution in [0.1, 0.15) is 5.56 Å². The van der Waals surface area contributed by atoms with E-state index in [1.807, 2.05) is 36.4 Å². The van der Waals surface area contributed by atoms with E-state index in [0.29, 0.717) is 6.54 Å². The minimum atomic E-state index is -0.0233. The van der Waals surface area contributed by atoms with Crippen LogP contribution in [0.3, 0.4) is 0 Å². The Morgan fingerprint density at radius 3 is 2.67 bits per heavy atom. The van der Waals surface area contributed by atoms with Gasteiger partial charge in [0.15, 0.2) is 0 Å². The van der Waals surface area contributed by atoms with E-state index in [-0.39, 0.29) is 6.03 Å². The van der Waals surface area contributed by atoms with Crippen LogP contribution in [0.2, 0.25) is 0 Å². The van der Waals surface area contributed by atoms with Gasteiger partial charge in [0.05, 0.1) is 0 Å². The highest BCUT2D eigenvalue weighted by atomic mass is 79.9. The Hall–Kier alpha value is -2.01. The molecule has 4 nitrogen and oxygen atoms in total. The van der Waals surface area contributed by atoms with Crippen molar-refractivity contribution in [3.05, 3.63) is 58.6 Å². The van der Waals surface area contributed by atoms with Crippen LogP contribution in [0.25, 0.3) is 0 Å². The average Bonchev–Trinajstić information content (AvgIpc) is 2.92. The van der Waals surface area contributed by atoms with E-state index in [0.717, 1.165) is 28.9 Å². The van der Waals surface area contributed by atoms with Gasteiger partial charge in [0, 0.05) is 35.5 Å². The molecule has 2 aromatic rings. The van der Waals surface area contributed by atoms with Crippen molar-refractivity contribution in [1.82, 2.24) is 5.32 Å². The lowest BCUT2D eigenvalue weighted by Gasteiger charge is -2.15. The van der Waals surface area contributed by atoms with Crippen molar-refractivity contribution < 1.29 is 4.79 Å². The Bertz CT molecular complexity index is 642. The van der Waals surface area contributed by atoms with E-state index >= 15 is 0 Å². The number of benzene rings is 2. The predicted octanol–water partition coefficient (Wildman–Crippen LogP) is 3.59. The SMILES string of the molecule is O=C1NCCN1c1ccc(NCc2cccc(Br)c2)cc1. The lowest BCUT2D eigenvalue weighted by molar-refractivity contribution is 0.252. The van der Waals surface area contributed by atoms with Gasteiger partial charge in [-0.1, -0.05) is 28.1 Å². The van der Waals surface area contributed by atoms with Crippen molar-refractivity contribution in [2.24, 2.45) is 0 Å². The Balaban J connectivity index is 1.63. The molecule has 3 rings (SSSR count). The summed E-state index contributed by atoms with van der Waals surface area (Å²) in [7, 11) is 0. The number of urea groups is 1. The number of carbonyl (C=O) groups excluding carboxylic acids is 1. The molecule has 0 aliphatic carbocycles. The van der Waals surface area contributed by atoms with Crippen LogP contribution in [0.4, 0.5) is 16.2 Å². The van der Waals surface area contributed by atoms with Gasteiger partial charge in [-0.2, -0.15) is 0 Å². The smallest absolute Gasteiger partial charge is 0.321 e. The zero-order valence-electron chi connectivity index (χ0n) is 11.5. The molecule has 1 aliphatic rings. The molecule has 21 heavy (non-hydrogen) atoms. The highest BCUT2D eigenvalue weighted by molar-refractivity contribution is 9.10. The summed E-state index contributed by atoms with van der Waals surface area (Å²) in [5, 5.41) is 6.18. The van der Waals surface area contributed by atoms with E-state index < -0.39 is 0 Å². The Kier molecular flexibility index (Phi) is 4.10. The summed E-state index contributed by atoms with van der Waals surface area (Å²) in [6.45, 7) is 2.20. The third-order valence-electron chi connectivity index (χ3n) is 3.42. The lowest BCUT2D eigenvalue weighted by atomic mass is 10.2. The predicted molar refractivity (Wildman–Crippen MR) is 88.7 cm³/mol. The summed E-state index contributed by atoms with van der Waals surface area (Å²) in [4.78, 5) is 13.3. The summed E-state index contributed by atoms with van der Waals surface area (Å²) < 4.78 is 1.08. The van der Waals surface area contributed by atoms with E-state index in [4.69, 9.17) is 0 Å². The Morgan fingerprint density at radius 2 is 2.00 bits per heavy atom. The molecule has 1 heterocycles. The molecule has 1 aliphatic heterocycles. The molecule has 0 radical (unpaired) electrons. The molecule has 0 unspecified atom stereocenters. The van der Waals surface area contributed by atoms with Crippen LogP contribution in [0.5, 0.6) is 0 Å². The number of rotatable bonds is 4. The van der Waals surface area contributed by atoms with Crippen molar-refractivity contribution in [1.29, 1.82) is 0 Å². The largest absolute Gasteiger partial charge is 0.381 e. The minimum absolute atomic E-state index is 0.0233. The quantitative estimate of drug-likeness (QED) is 0.889. The highest BCUT2D eigenvalue weighted by Gasteiger charge is 2.20. The fraction of sp³-hybridized carbons (Fsp3) is 0.188. The van der Waals surface area contributed by atoms with Crippen molar-refractivity contribution in [2.45, 2.75) is 6.54 Å². The van der Waals surface area contributed by atoms with Gasteiger partial charge in [0.25, 0.3) is 0 Å². The van der Waals surface area contributed by atoms with Gasteiger partial charge in [-0.05, 0) is 42.0 Å². The van der Waals surface area contributed by atoms with Gasteiger partial charge in [-0.3, -0.25) is 4.90 Å². The van der Waals surface area contributed by atoms with E-state index in [1.54, 1.807) is 4.90 Å². The molecule has 108 valence electrons. The molecular formula is C16H16BrN3O. The Morgan fingerprint density at radius 1 is 1.19 bits per heavy atom. The van der Waals surface area contributed by atoms with Crippen LogP contribution in [0, 0.1) is 0 Å². The highest BCUT2D eigenvalue weighted by Crippen LogP contribution is 2.20. The van der Waals surface area contributed by atoms with E-state index in [2.05, 4.69) is 38.7 Å². The lowest BCUT2D eigenvalue weighted by Crippen LogP contribution is -2.27. The monoisotopic (exact) mass is 345 g/mol. The molecule has 2 amide bonds. The van der Waals surface area contributed by atoms with E-state index in [1.165, 1.54) is 5.56 Å². The maximum absolute atomic E-state index is 11.6. The van der Waals surface area contributed by atoms with Crippen molar-refractivity contribution in [2.75, 3.05) is 23.3 Å². The zero-order valence-corrected chi connectivity index (χ0v) is 13.1. The fourth-order valence-corrected chi connectivity index (χ4v) is 2.77. The van der Waals surface area contributed by atoms with Crippen LogP contribution < -0.4 is 15.5 Å². The first kappa shape index (κ1) is 13.9. The summed E-state index contributed by atoms with van der Waals surface area (Å²) in [6.07, 6.45) is 0. The first-order valence-electron chi connectivity index (χ1n) is 6.86. The molecule has 0 bridgehead atoms. The van der Waals surface area contributed by atoms with Crippen LogP contribution in [-0.2, 0) is 6.54 Å². The zero-order chi connectivity index (χ0) is 14.7. The number of halogens is 1. The average molecular weight is 346 g/mol. The Labute approximate surface area is 132 Å². The second kappa shape index (κ2) is 6.18. The van der Waals surface area contributed by atoms with Gasteiger partial charge in [0.2, 0.25) is 0 Å². The molecule has 2 aromatic carbocycles. The van der Waals surface area contributed by atoms with Crippen molar-refractivity contribution >= 4 is 33.3 Å². The van der Waals surface area contributed by atoms with Crippen LogP contribution in [0.15, 0.2) is 53.0 Å². The number of hydrogen-bond donors (Lipinski definition) is 2. The minimum Gasteiger partial charge on any atom is -0.381 e. The normalized spacial score (nSPS) is 14.1. The second-order valence-electron chi connectivity index (χ2n) is 4.91. The molecule has 0 atom stereocenters. The first-order chi connectivity index (χ1) is 10.2. The number of nitrogens with one attached hydrogen (secondary N) is 2. The van der Waals surface area contributed by atoms with Gasteiger partial charge in [-0.15, -0.1) is 0 Å². The number of nitrogens with zero attached hydrogens (tertiary/aromatic N) is 1. The van der Waals surface area contributed by atoms with Gasteiger partial charge in [-0.25, -0.2) is 4.79 Å². The third-order valence-corrected chi connectivity index (χ3v) is 3.91. The molecule has 2 N–H and O–H groups in total. The number of hydrogen-bond acceptors (Lipinski definition) is 2. The van der Waals surface area contributed by atoms with Crippen molar-refractivity contribution in [3.8, 4) is 0 Å². The molecule has 0 spiro atoms. The molecule has 0 aromatic heterocycles.